The van der Waals surface area contributed by atoms with Gasteiger partial charge >= 0.3 is 0 Å². The first-order valence-corrected chi connectivity index (χ1v) is 8.17. The van der Waals surface area contributed by atoms with Crippen LogP contribution < -0.4 is 0 Å². The maximum atomic E-state index is 2.40. The summed E-state index contributed by atoms with van der Waals surface area (Å²) in [5, 5.41) is 0. The normalized spacial score (nSPS) is 19.8. The van der Waals surface area contributed by atoms with Gasteiger partial charge in [-0.3, -0.25) is 0 Å². The molecule has 0 radical (unpaired) electrons. The predicted molar refractivity (Wildman–Crippen MR) is 58.8 cm³/mol. The average molecular weight is 177 g/mol. The van der Waals surface area contributed by atoms with Crippen LogP contribution in [0.15, 0.2) is 36.0 Å². The van der Waals surface area contributed by atoms with E-state index in [1.807, 2.05) is 0 Å². The largest absolute Gasteiger partial charge is 0.0914 e. The van der Waals surface area contributed by atoms with E-state index in [1.165, 1.54) is 11.6 Å². The first-order chi connectivity index (χ1) is 5.58. The molecule has 0 aromatic rings. The number of hydrogen-bond acceptors (Lipinski definition) is 0. The molecule has 0 spiro atoms. The van der Waals surface area contributed by atoms with Crippen LogP contribution >= 0.6 is 0 Å². The average Bonchev–Trinajstić information content (AvgIpc) is 2.02. The molecule has 0 saturated carbocycles. The Bertz CT molecular complexity index is 226. The summed E-state index contributed by atoms with van der Waals surface area (Å²) in [6, 6.07) is 1.27. The van der Waals surface area contributed by atoms with Crippen LogP contribution in [0.1, 0.15) is 0 Å². The summed E-state index contributed by atoms with van der Waals surface area (Å²) < 4.78 is 0. The second-order valence-corrected chi connectivity index (χ2v) is 9.91. The highest BCUT2D eigenvalue weighted by Gasteiger charge is 2.13. The van der Waals surface area contributed by atoms with Crippen molar-refractivity contribution >= 4 is 8.07 Å². The van der Waals surface area contributed by atoms with Gasteiger partial charge < -0.3 is 0 Å². The molecule has 0 unspecified atom stereocenters. The van der Waals surface area contributed by atoms with E-state index < -0.39 is 8.07 Å². The fourth-order valence-corrected chi connectivity index (χ4v) is 1.86. The van der Waals surface area contributed by atoms with Crippen LogP contribution in [0.25, 0.3) is 0 Å². The molecule has 0 heterocycles. The summed E-state index contributed by atoms with van der Waals surface area (Å²) in [5.41, 5.74) is 1.36. The van der Waals surface area contributed by atoms with E-state index in [2.05, 4.69) is 56.4 Å². The van der Waals surface area contributed by atoms with Crippen molar-refractivity contribution in [1.82, 2.24) is 0 Å². The van der Waals surface area contributed by atoms with Gasteiger partial charge in [-0.2, -0.15) is 0 Å². The fraction of sp³-hybridized carbons (Fsp3) is 0.364. The van der Waals surface area contributed by atoms with Crippen molar-refractivity contribution in [3.8, 4) is 0 Å². The van der Waals surface area contributed by atoms with E-state index in [9.17, 15) is 0 Å². The molecule has 0 aromatic carbocycles. The molecule has 0 fully saturated rings. The molecule has 1 heteroatoms. The van der Waals surface area contributed by atoms with Crippen LogP contribution in [-0.4, -0.2) is 8.07 Å². The first kappa shape index (κ1) is 9.40. The van der Waals surface area contributed by atoms with Crippen molar-refractivity contribution < 1.29 is 0 Å². The van der Waals surface area contributed by atoms with Crippen LogP contribution in [0.5, 0.6) is 0 Å². The molecule has 0 bridgehead atoms. The van der Waals surface area contributed by atoms with Gasteiger partial charge in [0.1, 0.15) is 0 Å². The quantitative estimate of drug-likeness (QED) is 0.447. The Morgan fingerprint density at radius 2 is 2.08 bits per heavy atom. The molecule has 0 N–H and O–H groups in total. The summed E-state index contributed by atoms with van der Waals surface area (Å²) in [7, 11) is -0.896. The van der Waals surface area contributed by atoms with Crippen molar-refractivity contribution in [2.45, 2.75) is 25.7 Å². The Balaban J connectivity index is 2.48. The van der Waals surface area contributed by atoms with Gasteiger partial charge in [0.05, 0.1) is 13.6 Å². The predicted octanol–water partition coefficient (Wildman–Crippen LogP) is 3.58. The summed E-state index contributed by atoms with van der Waals surface area (Å²) in [6.45, 7) is 7.19. The molecule has 1 aliphatic carbocycles. The van der Waals surface area contributed by atoms with Gasteiger partial charge in [-0.1, -0.05) is 19.6 Å². The van der Waals surface area contributed by atoms with Crippen LogP contribution in [0.2, 0.25) is 25.7 Å². The lowest BCUT2D eigenvalue weighted by atomic mass is 10.1. The molecule has 12 heavy (non-hydrogen) atoms. The van der Waals surface area contributed by atoms with Gasteiger partial charge in [0, 0.05) is 30.7 Å². The van der Waals surface area contributed by atoms with Crippen molar-refractivity contribution in [1.29, 1.82) is 0 Å². The van der Waals surface area contributed by atoms with Crippen LogP contribution in [0, 0.1) is 6.42 Å². The summed E-state index contributed by atoms with van der Waals surface area (Å²) in [6.07, 6.45) is 12.9. The van der Waals surface area contributed by atoms with Crippen molar-refractivity contribution in [2.24, 2.45) is 0 Å². The molecule has 0 atom stereocenters. The zero-order chi connectivity index (χ0) is 9.03. The van der Waals surface area contributed by atoms with E-state index >= 15 is 0 Å². The minimum absolute atomic E-state index is 0.896. The lowest BCUT2D eigenvalue weighted by Crippen LogP contribution is -2.17. The van der Waals surface area contributed by atoms with Crippen molar-refractivity contribution in [3.05, 3.63) is 42.4 Å². The van der Waals surface area contributed by atoms with Crippen LogP contribution in [0.4, 0.5) is 0 Å². The minimum atomic E-state index is -0.896. The second kappa shape index (κ2) is 3.81. The van der Waals surface area contributed by atoms with Gasteiger partial charge in [0.25, 0.3) is 0 Å². The Morgan fingerprint density at radius 3 is 2.58 bits per heavy atom. The smallest absolute Gasteiger partial charge is 0.0686 e. The number of hydrogen-bond donors (Lipinski definition) is 0. The van der Waals surface area contributed by atoms with Gasteiger partial charge in [-0.15, -0.1) is 0 Å². The van der Waals surface area contributed by atoms with E-state index in [-0.39, 0.29) is 0 Å². The third-order valence-electron chi connectivity index (χ3n) is 1.75. The zero-order valence-electron chi connectivity index (χ0n) is 8.17. The van der Waals surface area contributed by atoms with E-state index in [1.54, 1.807) is 0 Å². The standard InChI is InChI=1S/C11H17Si/c1-12(2,3)10-9-11-7-5-4-6-8-11/h4-9H,10H2,1-3H3/q+1. The second-order valence-electron chi connectivity index (χ2n) is 4.38. The Morgan fingerprint density at radius 1 is 1.33 bits per heavy atom. The van der Waals surface area contributed by atoms with Gasteiger partial charge in [0.15, 0.2) is 0 Å². The Hall–Kier alpha value is -0.693. The third kappa shape index (κ3) is 3.63. The first-order valence-electron chi connectivity index (χ1n) is 4.46. The molecular weight excluding hydrogens is 160 g/mol. The number of rotatable bonds is 2. The molecular formula is C11H17Si+. The maximum absolute atomic E-state index is 2.40. The van der Waals surface area contributed by atoms with Gasteiger partial charge in [-0.25, -0.2) is 0 Å². The van der Waals surface area contributed by atoms with Gasteiger partial charge in [0.2, 0.25) is 0 Å². The molecule has 0 aromatic heterocycles. The molecule has 0 amide bonds. The molecule has 0 aliphatic heterocycles. The Labute approximate surface area is 76.7 Å². The zero-order valence-corrected chi connectivity index (χ0v) is 9.17. The van der Waals surface area contributed by atoms with Crippen molar-refractivity contribution in [3.63, 3.8) is 0 Å². The van der Waals surface area contributed by atoms with E-state index in [0.29, 0.717) is 0 Å². The SMILES string of the molecule is C[Si](C)(C)CC=C1C=CC=C[CH+]1. The minimum Gasteiger partial charge on any atom is -0.0686 e. The maximum Gasteiger partial charge on any atom is 0.0914 e. The summed E-state index contributed by atoms with van der Waals surface area (Å²) in [4.78, 5) is 0. The molecule has 64 valence electrons. The molecule has 1 aliphatic rings. The monoisotopic (exact) mass is 177 g/mol. The lowest BCUT2D eigenvalue weighted by Gasteiger charge is -2.10. The fourth-order valence-electron chi connectivity index (χ4n) is 1.01. The molecule has 1 rings (SSSR count). The van der Waals surface area contributed by atoms with Crippen LogP contribution in [-0.2, 0) is 0 Å². The summed E-state index contributed by atoms with van der Waals surface area (Å²) in [5.74, 6) is 0. The third-order valence-corrected chi connectivity index (χ3v) is 3.18. The topological polar surface area (TPSA) is 0 Å². The highest BCUT2D eigenvalue weighted by atomic mass is 28.3. The highest BCUT2D eigenvalue weighted by Crippen LogP contribution is 2.15. The Kier molecular flexibility index (Phi) is 2.98. The lowest BCUT2D eigenvalue weighted by molar-refractivity contribution is 1.43. The highest BCUT2D eigenvalue weighted by molar-refractivity contribution is 6.76. The van der Waals surface area contributed by atoms with E-state index in [4.69, 9.17) is 0 Å². The molecule has 0 nitrogen and oxygen atoms in total. The van der Waals surface area contributed by atoms with E-state index in [0.717, 1.165) is 0 Å². The number of allylic oxidation sites excluding steroid dienone is 6. The summed E-state index contributed by atoms with van der Waals surface area (Å²) >= 11 is 0. The van der Waals surface area contributed by atoms with Crippen molar-refractivity contribution in [2.75, 3.05) is 0 Å². The van der Waals surface area contributed by atoms with Crippen LogP contribution in [0.3, 0.4) is 0 Å². The van der Waals surface area contributed by atoms with Gasteiger partial charge in [-0.05, 0) is 12.1 Å². The molecule has 0 saturated heterocycles.